The average Bonchev–Trinajstić information content (AvgIpc) is 2.92. The van der Waals surface area contributed by atoms with Crippen LogP contribution in [0.1, 0.15) is 10.4 Å². The molecular weight excluding hydrogens is 395 g/mol. The molecule has 4 N–H and O–H groups in total. The van der Waals surface area contributed by atoms with E-state index in [9.17, 15) is 27.5 Å². The molecule has 0 unspecified atom stereocenters. The number of fused-ring (bicyclic) bond motifs is 1. The van der Waals surface area contributed by atoms with Crippen LogP contribution in [0.5, 0.6) is 5.75 Å². The van der Waals surface area contributed by atoms with E-state index in [1.54, 1.807) is 0 Å². The molecule has 1 heterocycles. The van der Waals surface area contributed by atoms with Crippen LogP contribution in [-0.2, 0) is 14.8 Å². The van der Waals surface area contributed by atoms with Gasteiger partial charge in [0.25, 0.3) is 0 Å². The highest BCUT2D eigenvalue weighted by atomic mass is 32.2. The van der Waals surface area contributed by atoms with Gasteiger partial charge in [-0.25, -0.2) is 22.4 Å². The van der Waals surface area contributed by atoms with E-state index in [0.29, 0.717) is 0 Å². The van der Waals surface area contributed by atoms with Gasteiger partial charge in [0.15, 0.2) is 0 Å². The lowest BCUT2D eigenvalue weighted by Gasteiger charge is -2.06. The molecule has 3 aromatic rings. The SMILES string of the molecule is CS(=O)(=O)Nc1cc2oc(-c3ccc(F)cc3)c(C(=O)OC(N)=O)c2cc1O. The van der Waals surface area contributed by atoms with Gasteiger partial charge in [-0.2, -0.15) is 0 Å². The molecule has 0 bridgehead atoms. The summed E-state index contributed by atoms with van der Waals surface area (Å²) in [5, 5.41) is 10.1. The first-order valence-corrected chi connectivity index (χ1v) is 9.49. The average molecular weight is 408 g/mol. The van der Waals surface area contributed by atoms with Gasteiger partial charge in [-0.1, -0.05) is 0 Å². The van der Waals surface area contributed by atoms with Crippen LogP contribution in [0.3, 0.4) is 0 Å². The lowest BCUT2D eigenvalue weighted by atomic mass is 10.0. The highest BCUT2D eigenvalue weighted by Gasteiger charge is 2.26. The van der Waals surface area contributed by atoms with Gasteiger partial charge in [-0.3, -0.25) is 4.72 Å². The molecule has 0 atom stereocenters. The fourth-order valence-electron chi connectivity index (χ4n) is 2.56. The Kier molecular flexibility index (Phi) is 4.69. The van der Waals surface area contributed by atoms with Gasteiger partial charge in [0.2, 0.25) is 10.0 Å². The molecule has 28 heavy (non-hydrogen) atoms. The third kappa shape index (κ3) is 3.88. The number of rotatable bonds is 4. The molecule has 1 aromatic heterocycles. The monoisotopic (exact) mass is 408 g/mol. The molecule has 11 heteroatoms. The summed E-state index contributed by atoms with van der Waals surface area (Å²) >= 11 is 0. The summed E-state index contributed by atoms with van der Waals surface area (Å²) in [6.45, 7) is 0. The molecule has 0 aliphatic carbocycles. The number of carbonyl (C=O) groups is 2. The van der Waals surface area contributed by atoms with Crippen molar-refractivity contribution in [2.75, 3.05) is 11.0 Å². The number of carbonyl (C=O) groups excluding carboxylic acids is 2. The maximum Gasteiger partial charge on any atom is 0.412 e. The Bertz CT molecular complexity index is 1200. The molecule has 1 amide bonds. The normalized spacial score (nSPS) is 11.4. The van der Waals surface area contributed by atoms with Crippen molar-refractivity contribution in [3.05, 3.63) is 47.8 Å². The zero-order valence-corrected chi connectivity index (χ0v) is 15.0. The number of aromatic hydroxyl groups is 1. The summed E-state index contributed by atoms with van der Waals surface area (Å²) in [4.78, 5) is 23.4. The Morgan fingerprint density at radius 2 is 1.86 bits per heavy atom. The number of phenols is 1. The summed E-state index contributed by atoms with van der Waals surface area (Å²) < 4.78 is 48.2. The second-order valence-corrected chi connectivity index (χ2v) is 7.51. The molecule has 3 rings (SSSR count). The molecule has 0 spiro atoms. The molecule has 0 aliphatic rings. The minimum atomic E-state index is -3.71. The topological polar surface area (TPSA) is 149 Å². The Labute approximate surface area is 157 Å². The molecule has 2 aromatic carbocycles. The smallest absolute Gasteiger partial charge is 0.412 e. The third-order valence-corrected chi connectivity index (χ3v) is 4.20. The lowest BCUT2D eigenvalue weighted by Crippen LogP contribution is -2.18. The van der Waals surface area contributed by atoms with Crippen molar-refractivity contribution in [1.29, 1.82) is 0 Å². The summed E-state index contributed by atoms with van der Waals surface area (Å²) in [5.74, 6) is -2.28. The maximum absolute atomic E-state index is 13.2. The lowest BCUT2D eigenvalue weighted by molar-refractivity contribution is 0.0640. The summed E-state index contributed by atoms with van der Waals surface area (Å²) in [6.07, 6.45) is -0.470. The fraction of sp³-hybridized carbons (Fsp3) is 0.0588. The van der Waals surface area contributed by atoms with Crippen LogP contribution in [-0.4, -0.2) is 31.8 Å². The minimum absolute atomic E-state index is 0.000282. The van der Waals surface area contributed by atoms with Crippen molar-refractivity contribution in [2.45, 2.75) is 0 Å². The summed E-state index contributed by atoms with van der Waals surface area (Å²) in [7, 11) is -3.71. The van der Waals surface area contributed by atoms with Crippen molar-refractivity contribution in [2.24, 2.45) is 5.73 Å². The van der Waals surface area contributed by atoms with Gasteiger partial charge >= 0.3 is 12.1 Å². The number of anilines is 1. The highest BCUT2D eigenvalue weighted by molar-refractivity contribution is 7.92. The van der Waals surface area contributed by atoms with Crippen molar-refractivity contribution in [1.82, 2.24) is 0 Å². The Hall–Kier alpha value is -3.60. The number of nitrogens with one attached hydrogen (secondary N) is 1. The van der Waals surface area contributed by atoms with E-state index in [2.05, 4.69) is 9.46 Å². The molecule has 0 saturated heterocycles. The van der Waals surface area contributed by atoms with Gasteiger partial charge in [-0.15, -0.1) is 0 Å². The number of ether oxygens (including phenoxy) is 1. The first-order valence-electron chi connectivity index (χ1n) is 7.60. The number of amides is 1. The van der Waals surface area contributed by atoms with Crippen LogP contribution in [0.4, 0.5) is 14.9 Å². The number of halogens is 1. The summed E-state index contributed by atoms with van der Waals surface area (Å²) in [6, 6.07) is 7.11. The van der Waals surface area contributed by atoms with Crippen molar-refractivity contribution in [3.63, 3.8) is 0 Å². The fourth-order valence-corrected chi connectivity index (χ4v) is 3.13. The molecule has 9 nitrogen and oxygen atoms in total. The number of phenolic OH excluding ortho intramolecular Hbond substituents is 1. The van der Waals surface area contributed by atoms with Crippen molar-refractivity contribution in [3.8, 4) is 17.1 Å². The van der Waals surface area contributed by atoms with Crippen molar-refractivity contribution >= 4 is 38.7 Å². The van der Waals surface area contributed by atoms with Crippen LogP contribution in [0.2, 0.25) is 0 Å². The minimum Gasteiger partial charge on any atom is -0.506 e. The number of nitrogens with two attached hydrogens (primary N) is 1. The van der Waals surface area contributed by atoms with E-state index >= 15 is 0 Å². The predicted molar refractivity (Wildman–Crippen MR) is 96.7 cm³/mol. The Morgan fingerprint density at radius 1 is 1.21 bits per heavy atom. The molecule has 0 fully saturated rings. The predicted octanol–water partition coefficient (Wildman–Crippen LogP) is 2.55. The van der Waals surface area contributed by atoms with Gasteiger partial charge < -0.3 is 20.0 Å². The largest absolute Gasteiger partial charge is 0.506 e. The molecule has 146 valence electrons. The number of sulfonamides is 1. The van der Waals surface area contributed by atoms with E-state index in [0.717, 1.165) is 30.5 Å². The van der Waals surface area contributed by atoms with E-state index in [4.69, 9.17) is 10.2 Å². The van der Waals surface area contributed by atoms with Crippen LogP contribution < -0.4 is 10.5 Å². The van der Waals surface area contributed by atoms with Gasteiger partial charge in [-0.05, 0) is 30.3 Å². The standard InChI is InChI=1S/C17H13FN2O7S/c1-28(24,25)20-11-7-13-10(6-12(11)21)14(16(22)27-17(19)23)15(26-13)8-2-4-9(18)5-3-8/h2-7,20-21H,1H3,(H2,19,23). The maximum atomic E-state index is 13.2. The van der Waals surface area contributed by atoms with Gasteiger partial charge in [0, 0.05) is 17.0 Å². The van der Waals surface area contributed by atoms with Crippen LogP contribution in [0.25, 0.3) is 22.3 Å². The van der Waals surface area contributed by atoms with E-state index in [1.807, 2.05) is 0 Å². The van der Waals surface area contributed by atoms with E-state index < -0.39 is 33.7 Å². The number of benzene rings is 2. The molecule has 0 radical (unpaired) electrons. The molecular formula is C17H13FN2O7S. The van der Waals surface area contributed by atoms with Gasteiger partial charge in [0.1, 0.15) is 28.5 Å². The second-order valence-electron chi connectivity index (χ2n) is 5.76. The summed E-state index contributed by atoms with van der Waals surface area (Å²) in [5.41, 5.74) is 4.72. The van der Waals surface area contributed by atoms with Crippen LogP contribution in [0.15, 0.2) is 40.8 Å². The molecule has 0 saturated carbocycles. The van der Waals surface area contributed by atoms with E-state index in [1.165, 1.54) is 12.1 Å². The molecule has 0 aliphatic heterocycles. The zero-order valence-electron chi connectivity index (χ0n) is 14.2. The first-order chi connectivity index (χ1) is 13.0. The number of furan rings is 1. The van der Waals surface area contributed by atoms with E-state index in [-0.39, 0.29) is 33.5 Å². The quantitative estimate of drug-likeness (QED) is 0.341. The number of esters is 1. The Balaban J connectivity index is 2.26. The third-order valence-electron chi connectivity index (χ3n) is 3.61. The van der Waals surface area contributed by atoms with Crippen LogP contribution >= 0.6 is 0 Å². The number of hydrogen-bond donors (Lipinski definition) is 3. The highest BCUT2D eigenvalue weighted by Crippen LogP contribution is 2.39. The number of primary amides is 1. The Morgan fingerprint density at radius 3 is 2.43 bits per heavy atom. The number of hydrogen-bond acceptors (Lipinski definition) is 7. The van der Waals surface area contributed by atoms with Crippen molar-refractivity contribution < 1.29 is 36.7 Å². The van der Waals surface area contributed by atoms with Gasteiger partial charge in [0.05, 0.1) is 11.9 Å². The first kappa shape index (κ1) is 19.2. The second kappa shape index (κ2) is 6.85. The zero-order chi connectivity index (χ0) is 20.6. The van der Waals surface area contributed by atoms with Crippen LogP contribution in [0, 0.1) is 5.82 Å².